The Bertz CT molecular complexity index is 725. The molecule has 3 aliphatic rings. The van der Waals surface area contributed by atoms with E-state index in [4.69, 9.17) is 4.74 Å². The summed E-state index contributed by atoms with van der Waals surface area (Å²) >= 11 is 0. The minimum atomic E-state index is -0.0231. The molecule has 28 heavy (non-hydrogen) atoms. The van der Waals surface area contributed by atoms with Crippen molar-refractivity contribution in [2.45, 2.75) is 64.4 Å². The molecule has 0 aliphatic carbocycles. The van der Waals surface area contributed by atoms with Crippen LogP contribution in [0.1, 0.15) is 56.6 Å². The van der Waals surface area contributed by atoms with Crippen LogP contribution < -0.4 is 4.74 Å². The molecule has 1 aromatic carbocycles. The molecule has 4 rings (SSSR count). The summed E-state index contributed by atoms with van der Waals surface area (Å²) in [5.41, 5.74) is 2.24. The predicted molar refractivity (Wildman–Crippen MR) is 108 cm³/mol. The van der Waals surface area contributed by atoms with E-state index in [1.54, 1.807) is 0 Å². The maximum atomic E-state index is 13.0. The molecule has 0 spiro atoms. The number of piperidine rings is 1. The molecule has 3 heterocycles. The van der Waals surface area contributed by atoms with E-state index in [0.29, 0.717) is 13.0 Å². The molecule has 0 N–H and O–H groups in total. The van der Waals surface area contributed by atoms with Crippen molar-refractivity contribution < 1.29 is 14.3 Å². The first kappa shape index (κ1) is 19.3. The lowest BCUT2D eigenvalue weighted by Crippen LogP contribution is -2.47. The first-order valence-electron chi connectivity index (χ1n) is 10.9. The summed E-state index contributed by atoms with van der Waals surface area (Å²) in [6, 6.07) is 6.10. The third kappa shape index (κ3) is 4.34. The molecule has 0 saturated carbocycles. The zero-order valence-corrected chi connectivity index (χ0v) is 17.0. The average Bonchev–Trinajstić information content (AvgIpc) is 2.90. The smallest absolute Gasteiger partial charge is 0.227 e. The maximum absolute atomic E-state index is 13.0. The molecule has 0 bridgehead atoms. The van der Waals surface area contributed by atoms with Gasteiger partial charge >= 0.3 is 0 Å². The summed E-state index contributed by atoms with van der Waals surface area (Å²) in [5.74, 6) is 1.33. The second-order valence-corrected chi connectivity index (χ2v) is 8.67. The summed E-state index contributed by atoms with van der Waals surface area (Å²) in [6.07, 6.45) is 8.05. The van der Waals surface area contributed by atoms with Gasteiger partial charge in [0.2, 0.25) is 11.8 Å². The second kappa shape index (κ2) is 8.54. The van der Waals surface area contributed by atoms with Crippen molar-refractivity contribution in [1.29, 1.82) is 0 Å². The highest BCUT2D eigenvalue weighted by Gasteiger charge is 2.31. The number of ether oxygens (including phenoxy) is 1. The van der Waals surface area contributed by atoms with Crippen molar-refractivity contribution in [3.8, 4) is 5.75 Å². The van der Waals surface area contributed by atoms with Gasteiger partial charge in [0.05, 0.1) is 12.3 Å². The monoisotopic (exact) mass is 384 g/mol. The van der Waals surface area contributed by atoms with Gasteiger partial charge < -0.3 is 14.5 Å². The SMILES string of the molecule is C[C@H]1Cc2cc(CC(=O)N3CCC[C@@H](C(=O)N4CCCCCC4)C3)ccc2O1. The average molecular weight is 385 g/mol. The minimum absolute atomic E-state index is 0.0231. The van der Waals surface area contributed by atoms with Crippen LogP contribution in [0.5, 0.6) is 5.75 Å². The third-order valence-corrected chi connectivity index (χ3v) is 6.36. The summed E-state index contributed by atoms with van der Waals surface area (Å²) < 4.78 is 5.75. The number of hydrogen-bond acceptors (Lipinski definition) is 3. The van der Waals surface area contributed by atoms with Gasteiger partial charge in [0.1, 0.15) is 11.9 Å². The second-order valence-electron chi connectivity index (χ2n) is 8.67. The van der Waals surface area contributed by atoms with Crippen LogP contribution in [0.25, 0.3) is 0 Å². The molecule has 2 amide bonds. The van der Waals surface area contributed by atoms with Gasteiger partial charge in [0, 0.05) is 32.6 Å². The third-order valence-electron chi connectivity index (χ3n) is 6.36. The Balaban J connectivity index is 1.35. The van der Waals surface area contributed by atoms with Crippen LogP contribution in [0.15, 0.2) is 18.2 Å². The Hall–Kier alpha value is -2.04. The van der Waals surface area contributed by atoms with Crippen molar-refractivity contribution in [1.82, 2.24) is 9.80 Å². The van der Waals surface area contributed by atoms with E-state index in [-0.39, 0.29) is 23.8 Å². The quantitative estimate of drug-likeness (QED) is 0.804. The number of likely N-dealkylation sites (tertiary alicyclic amines) is 2. The highest BCUT2D eigenvalue weighted by Crippen LogP contribution is 2.30. The molecule has 0 aromatic heterocycles. The van der Waals surface area contributed by atoms with E-state index in [1.807, 2.05) is 21.9 Å². The standard InChI is InChI=1S/C23H32N2O3/c1-17-13-20-14-18(8-9-21(20)28-17)15-22(26)25-12-6-7-19(16-25)23(27)24-10-4-2-3-5-11-24/h8-9,14,17,19H,2-7,10-13,15-16H2,1H3/t17-,19+/m0/s1. The molecule has 0 unspecified atom stereocenters. The largest absolute Gasteiger partial charge is 0.490 e. The zero-order chi connectivity index (χ0) is 19.5. The maximum Gasteiger partial charge on any atom is 0.227 e. The molecular weight excluding hydrogens is 352 g/mol. The highest BCUT2D eigenvalue weighted by molar-refractivity contribution is 5.82. The Kier molecular flexibility index (Phi) is 5.88. The Morgan fingerprint density at radius 1 is 1.04 bits per heavy atom. The number of carbonyl (C=O) groups is 2. The zero-order valence-electron chi connectivity index (χ0n) is 17.0. The van der Waals surface area contributed by atoms with E-state index in [9.17, 15) is 9.59 Å². The summed E-state index contributed by atoms with van der Waals surface area (Å²) in [7, 11) is 0. The van der Waals surface area contributed by atoms with E-state index in [1.165, 1.54) is 18.4 Å². The number of benzene rings is 1. The summed E-state index contributed by atoms with van der Waals surface area (Å²) in [6.45, 7) is 5.20. The van der Waals surface area contributed by atoms with Gasteiger partial charge in [-0.2, -0.15) is 0 Å². The molecule has 5 nitrogen and oxygen atoms in total. The number of nitrogens with zero attached hydrogens (tertiary/aromatic N) is 2. The fraction of sp³-hybridized carbons (Fsp3) is 0.652. The van der Waals surface area contributed by atoms with Gasteiger partial charge in [-0.25, -0.2) is 0 Å². The molecule has 3 aliphatic heterocycles. The lowest BCUT2D eigenvalue weighted by Gasteiger charge is -2.35. The van der Waals surface area contributed by atoms with E-state index in [0.717, 1.165) is 63.1 Å². The van der Waals surface area contributed by atoms with E-state index < -0.39 is 0 Å². The molecule has 2 atom stereocenters. The van der Waals surface area contributed by atoms with Crippen molar-refractivity contribution in [3.63, 3.8) is 0 Å². The van der Waals surface area contributed by atoms with Crippen LogP contribution in [-0.4, -0.2) is 53.9 Å². The predicted octanol–water partition coefficient (Wildman–Crippen LogP) is 3.19. The van der Waals surface area contributed by atoms with Crippen molar-refractivity contribution >= 4 is 11.8 Å². The van der Waals surface area contributed by atoms with Gasteiger partial charge in [-0.05, 0) is 49.8 Å². The van der Waals surface area contributed by atoms with Crippen LogP contribution in [0, 0.1) is 5.92 Å². The molecule has 1 aromatic rings. The Morgan fingerprint density at radius 3 is 2.57 bits per heavy atom. The van der Waals surface area contributed by atoms with Crippen molar-refractivity contribution in [2.24, 2.45) is 5.92 Å². The van der Waals surface area contributed by atoms with Crippen LogP contribution in [-0.2, 0) is 22.4 Å². The summed E-state index contributed by atoms with van der Waals surface area (Å²) in [4.78, 5) is 29.8. The number of hydrogen-bond donors (Lipinski definition) is 0. The van der Waals surface area contributed by atoms with E-state index >= 15 is 0 Å². The molecule has 152 valence electrons. The minimum Gasteiger partial charge on any atom is -0.490 e. The van der Waals surface area contributed by atoms with Gasteiger partial charge in [-0.3, -0.25) is 9.59 Å². The van der Waals surface area contributed by atoms with Crippen LogP contribution >= 0.6 is 0 Å². The first-order valence-corrected chi connectivity index (χ1v) is 10.9. The number of amides is 2. The number of fused-ring (bicyclic) bond motifs is 1. The molecule has 2 fully saturated rings. The van der Waals surface area contributed by atoms with Gasteiger partial charge in [-0.1, -0.05) is 25.0 Å². The molecule has 0 radical (unpaired) electrons. The van der Waals surface area contributed by atoms with Crippen LogP contribution in [0.2, 0.25) is 0 Å². The number of rotatable bonds is 3. The lowest BCUT2D eigenvalue weighted by atomic mass is 9.95. The van der Waals surface area contributed by atoms with Crippen LogP contribution in [0.4, 0.5) is 0 Å². The fourth-order valence-corrected chi connectivity index (χ4v) is 4.83. The van der Waals surface area contributed by atoms with E-state index in [2.05, 4.69) is 13.0 Å². The van der Waals surface area contributed by atoms with Crippen LogP contribution in [0.3, 0.4) is 0 Å². The Labute approximate surface area is 168 Å². The topological polar surface area (TPSA) is 49.9 Å². The van der Waals surface area contributed by atoms with Crippen molar-refractivity contribution in [3.05, 3.63) is 29.3 Å². The van der Waals surface area contributed by atoms with Gasteiger partial charge in [0.15, 0.2) is 0 Å². The fourth-order valence-electron chi connectivity index (χ4n) is 4.83. The molecular formula is C23H32N2O3. The van der Waals surface area contributed by atoms with Crippen molar-refractivity contribution in [2.75, 3.05) is 26.2 Å². The molecule has 2 saturated heterocycles. The first-order chi connectivity index (χ1) is 13.6. The number of carbonyl (C=O) groups excluding carboxylic acids is 2. The molecule has 5 heteroatoms. The normalized spacial score (nSPS) is 25.0. The van der Waals surface area contributed by atoms with Gasteiger partial charge in [-0.15, -0.1) is 0 Å². The highest BCUT2D eigenvalue weighted by atomic mass is 16.5. The lowest BCUT2D eigenvalue weighted by molar-refractivity contribution is -0.140. The summed E-state index contributed by atoms with van der Waals surface area (Å²) in [5, 5.41) is 0. The van der Waals surface area contributed by atoms with Gasteiger partial charge in [0.25, 0.3) is 0 Å². The Morgan fingerprint density at radius 2 is 1.79 bits per heavy atom.